The summed E-state index contributed by atoms with van der Waals surface area (Å²) in [7, 11) is 1.60. The number of methoxy groups -OCH3 is 1. The number of aliphatic hydroxyl groups excluding tert-OH is 1. The highest BCUT2D eigenvalue weighted by atomic mass is 16.5. The van der Waals surface area contributed by atoms with Crippen LogP contribution in [0.15, 0.2) is 54.6 Å². The van der Waals surface area contributed by atoms with Gasteiger partial charge in [-0.3, -0.25) is 4.79 Å². The van der Waals surface area contributed by atoms with Crippen LogP contribution < -0.4 is 4.74 Å². The van der Waals surface area contributed by atoms with Gasteiger partial charge in [0.2, 0.25) is 0 Å². The van der Waals surface area contributed by atoms with Crippen LogP contribution in [-0.4, -0.2) is 36.1 Å². The van der Waals surface area contributed by atoms with Crippen LogP contribution in [0.4, 0.5) is 0 Å². The van der Waals surface area contributed by atoms with E-state index >= 15 is 0 Å². The van der Waals surface area contributed by atoms with Gasteiger partial charge in [0.05, 0.1) is 13.2 Å². The lowest BCUT2D eigenvalue weighted by Crippen LogP contribution is -2.39. The minimum atomic E-state index is -0.458. The third-order valence-corrected chi connectivity index (χ3v) is 4.73. The van der Waals surface area contributed by atoms with E-state index in [2.05, 4.69) is 0 Å². The molecule has 1 heterocycles. The Labute approximate surface area is 142 Å². The Bertz CT molecular complexity index is 678. The van der Waals surface area contributed by atoms with Crippen LogP contribution in [0.5, 0.6) is 5.75 Å². The van der Waals surface area contributed by atoms with Crippen molar-refractivity contribution in [2.24, 2.45) is 5.92 Å². The van der Waals surface area contributed by atoms with Gasteiger partial charge in [-0.25, -0.2) is 0 Å². The fourth-order valence-electron chi connectivity index (χ4n) is 3.28. The third kappa shape index (κ3) is 3.60. The lowest BCUT2D eigenvalue weighted by Gasteiger charge is -2.34. The molecule has 1 aliphatic heterocycles. The maximum atomic E-state index is 12.6. The highest BCUT2D eigenvalue weighted by molar-refractivity contribution is 5.94. The Morgan fingerprint density at radius 3 is 2.50 bits per heavy atom. The minimum absolute atomic E-state index is 0.0292. The van der Waals surface area contributed by atoms with Gasteiger partial charge in [-0.2, -0.15) is 0 Å². The lowest BCUT2D eigenvalue weighted by atomic mass is 9.87. The number of aliphatic hydroxyl groups is 1. The van der Waals surface area contributed by atoms with Crippen molar-refractivity contribution in [3.05, 3.63) is 65.7 Å². The smallest absolute Gasteiger partial charge is 0.253 e. The molecule has 1 fully saturated rings. The van der Waals surface area contributed by atoms with Crippen molar-refractivity contribution >= 4 is 5.91 Å². The molecular weight excluding hydrogens is 302 g/mol. The van der Waals surface area contributed by atoms with Crippen LogP contribution in [-0.2, 0) is 0 Å². The first-order valence-corrected chi connectivity index (χ1v) is 8.35. The molecular formula is C20H23NO3. The van der Waals surface area contributed by atoms with Crippen LogP contribution in [0.3, 0.4) is 0 Å². The number of carbonyl (C=O) groups excluding carboxylic acids is 1. The van der Waals surface area contributed by atoms with Crippen LogP contribution in [0, 0.1) is 5.92 Å². The molecule has 24 heavy (non-hydrogen) atoms. The summed E-state index contributed by atoms with van der Waals surface area (Å²) < 4.78 is 5.19. The van der Waals surface area contributed by atoms with E-state index in [0.717, 1.165) is 18.4 Å². The molecule has 0 spiro atoms. The van der Waals surface area contributed by atoms with E-state index < -0.39 is 6.10 Å². The topological polar surface area (TPSA) is 49.8 Å². The van der Waals surface area contributed by atoms with E-state index in [4.69, 9.17) is 4.74 Å². The van der Waals surface area contributed by atoms with Gasteiger partial charge in [0.15, 0.2) is 0 Å². The van der Waals surface area contributed by atoms with Crippen molar-refractivity contribution in [3.63, 3.8) is 0 Å². The third-order valence-electron chi connectivity index (χ3n) is 4.73. The Morgan fingerprint density at radius 1 is 1.12 bits per heavy atom. The van der Waals surface area contributed by atoms with Crippen molar-refractivity contribution in [1.29, 1.82) is 0 Å². The van der Waals surface area contributed by atoms with E-state index in [9.17, 15) is 9.90 Å². The fraction of sp³-hybridized carbons (Fsp3) is 0.350. The van der Waals surface area contributed by atoms with Crippen LogP contribution >= 0.6 is 0 Å². The zero-order chi connectivity index (χ0) is 16.9. The summed E-state index contributed by atoms with van der Waals surface area (Å²) in [5.74, 6) is 0.915. The molecule has 0 bridgehead atoms. The zero-order valence-corrected chi connectivity index (χ0v) is 13.9. The van der Waals surface area contributed by atoms with E-state index in [1.54, 1.807) is 13.2 Å². The summed E-state index contributed by atoms with van der Waals surface area (Å²) in [6.45, 7) is 1.34. The predicted octanol–water partition coefficient (Wildman–Crippen LogP) is 3.28. The number of hydrogen-bond acceptors (Lipinski definition) is 3. The molecule has 1 amide bonds. The average Bonchev–Trinajstić information content (AvgIpc) is 2.67. The Balaban J connectivity index is 1.61. The largest absolute Gasteiger partial charge is 0.497 e. The molecule has 2 aromatic carbocycles. The number of benzene rings is 2. The number of ether oxygens (including phenoxy) is 1. The minimum Gasteiger partial charge on any atom is -0.497 e. The molecule has 1 atom stereocenters. The first-order valence-electron chi connectivity index (χ1n) is 8.35. The molecule has 2 aromatic rings. The quantitative estimate of drug-likeness (QED) is 0.938. The number of rotatable bonds is 4. The van der Waals surface area contributed by atoms with Gasteiger partial charge in [-0.15, -0.1) is 0 Å². The van der Waals surface area contributed by atoms with Gasteiger partial charge >= 0.3 is 0 Å². The second-order valence-electron chi connectivity index (χ2n) is 6.22. The van der Waals surface area contributed by atoms with Gasteiger partial charge in [0.25, 0.3) is 5.91 Å². The number of hydrogen-bond donors (Lipinski definition) is 1. The highest BCUT2D eigenvalue weighted by Gasteiger charge is 2.28. The summed E-state index contributed by atoms with van der Waals surface area (Å²) >= 11 is 0. The van der Waals surface area contributed by atoms with Gasteiger partial charge in [-0.05, 0) is 42.5 Å². The highest BCUT2D eigenvalue weighted by Crippen LogP contribution is 2.31. The number of nitrogens with zero attached hydrogens (tertiary/aromatic N) is 1. The monoisotopic (exact) mass is 325 g/mol. The molecule has 1 aliphatic rings. The molecule has 0 saturated carbocycles. The molecule has 4 heteroatoms. The standard InChI is InChI=1S/C20H23NO3/c1-24-18-9-5-8-17(14-18)20(23)21-12-10-16(11-13-21)19(22)15-6-3-2-4-7-15/h2-9,14,16,19,22H,10-13H2,1H3. The normalized spacial score (nSPS) is 16.7. The number of carbonyl (C=O) groups is 1. The van der Waals surface area contributed by atoms with Crippen molar-refractivity contribution in [2.45, 2.75) is 18.9 Å². The molecule has 4 nitrogen and oxygen atoms in total. The van der Waals surface area contributed by atoms with Crippen LogP contribution in [0.1, 0.15) is 34.9 Å². The van der Waals surface area contributed by atoms with E-state index in [-0.39, 0.29) is 11.8 Å². The van der Waals surface area contributed by atoms with Gasteiger partial charge in [0.1, 0.15) is 5.75 Å². The summed E-state index contributed by atoms with van der Waals surface area (Å²) in [5, 5.41) is 10.5. The van der Waals surface area contributed by atoms with Crippen molar-refractivity contribution in [3.8, 4) is 5.75 Å². The van der Waals surface area contributed by atoms with Crippen LogP contribution in [0.2, 0.25) is 0 Å². The Hall–Kier alpha value is -2.33. The van der Waals surface area contributed by atoms with Crippen LogP contribution in [0.25, 0.3) is 0 Å². The molecule has 1 unspecified atom stereocenters. The molecule has 3 rings (SSSR count). The molecule has 126 valence electrons. The Morgan fingerprint density at radius 2 is 1.83 bits per heavy atom. The summed E-state index contributed by atoms with van der Waals surface area (Å²) in [6, 6.07) is 17.0. The maximum absolute atomic E-state index is 12.6. The molecule has 1 saturated heterocycles. The summed E-state index contributed by atoms with van der Waals surface area (Å²) in [6.07, 6.45) is 1.16. The SMILES string of the molecule is COc1cccc(C(=O)N2CCC(C(O)c3ccccc3)CC2)c1. The first-order chi connectivity index (χ1) is 11.7. The summed E-state index contributed by atoms with van der Waals surface area (Å²) in [5.41, 5.74) is 1.60. The van der Waals surface area contributed by atoms with Gasteiger partial charge < -0.3 is 14.7 Å². The van der Waals surface area contributed by atoms with Crippen molar-refractivity contribution in [2.75, 3.05) is 20.2 Å². The number of piperidine rings is 1. The van der Waals surface area contributed by atoms with Gasteiger partial charge in [0, 0.05) is 18.7 Å². The first kappa shape index (κ1) is 16.5. The fourth-order valence-corrected chi connectivity index (χ4v) is 3.28. The van der Waals surface area contributed by atoms with Gasteiger partial charge in [-0.1, -0.05) is 36.4 Å². The van der Waals surface area contributed by atoms with E-state index in [1.165, 1.54) is 0 Å². The molecule has 0 aliphatic carbocycles. The van der Waals surface area contributed by atoms with Crippen molar-refractivity contribution in [1.82, 2.24) is 4.90 Å². The second-order valence-corrected chi connectivity index (χ2v) is 6.22. The second kappa shape index (κ2) is 7.49. The zero-order valence-electron chi connectivity index (χ0n) is 13.9. The molecule has 1 N–H and O–H groups in total. The van der Waals surface area contributed by atoms with Crippen molar-refractivity contribution < 1.29 is 14.6 Å². The van der Waals surface area contributed by atoms with E-state index in [1.807, 2.05) is 53.4 Å². The molecule has 0 aromatic heterocycles. The number of amides is 1. The summed E-state index contributed by atoms with van der Waals surface area (Å²) in [4.78, 5) is 14.5. The van der Waals surface area contributed by atoms with E-state index in [0.29, 0.717) is 24.4 Å². The molecule has 0 radical (unpaired) electrons. The average molecular weight is 325 g/mol. The Kier molecular flexibility index (Phi) is 5.16. The number of likely N-dealkylation sites (tertiary alicyclic amines) is 1. The predicted molar refractivity (Wildman–Crippen MR) is 93.0 cm³/mol. The lowest BCUT2D eigenvalue weighted by molar-refractivity contribution is 0.0462. The maximum Gasteiger partial charge on any atom is 0.253 e.